The molecule has 2 heteroatoms. The third-order valence-corrected chi connectivity index (χ3v) is 12.7. The minimum Gasteiger partial charge on any atom is -0.142 e. The van der Waals surface area contributed by atoms with Crippen LogP contribution in [0.25, 0.3) is 107 Å². The Morgan fingerprint density at radius 1 is 0.320 bits per heavy atom. The van der Waals surface area contributed by atoms with E-state index >= 15 is 0 Å². The molecule has 0 N–H and O–H groups in total. The summed E-state index contributed by atoms with van der Waals surface area (Å²) < 4.78 is 4.01. The summed E-state index contributed by atoms with van der Waals surface area (Å²) in [5, 5.41) is 16.7. The van der Waals surface area contributed by atoms with Crippen LogP contribution in [0, 0.1) is 0 Å². The van der Waals surface area contributed by atoms with Gasteiger partial charge in [-0.2, -0.15) is 0 Å². The molecule has 0 saturated carbocycles. The van der Waals surface area contributed by atoms with Gasteiger partial charge in [-0.05, 0) is 82.9 Å². The van der Waals surface area contributed by atoms with Crippen LogP contribution in [-0.2, 0) is 0 Å². The predicted molar refractivity (Wildman–Crippen MR) is 221 cm³/mol. The van der Waals surface area contributed by atoms with Crippen molar-refractivity contribution in [3.63, 3.8) is 0 Å². The van der Waals surface area contributed by atoms with E-state index in [1.54, 1.807) is 0 Å². The van der Waals surface area contributed by atoms with E-state index in [0.717, 1.165) is 0 Å². The minimum atomic E-state index is 1.26. The van der Waals surface area contributed by atoms with Gasteiger partial charge in [0.1, 0.15) is 0 Å². The fraction of sp³-hybridized carbons (Fsp3) is 0. The number of hydrogen-bond acceptors (Lipinski definition) is 2. The smallest absolute Gasteiger partial charge is 0.0435 e. The van der Waals surface area contributed by atoms with Gasteiger partial charge in [-0.3, -0.25) is 0 Å². The molecule has 9 aromatic carbocycles. The molecule has 0 nitrogen and oxygen atoms in total. The lowest BCUT2D eigenvalue weighted by Crippen LogP contribution is -1.92. The van der Waals surface area contributed by atoms with Crippen molar-refractivity contribution in [1.82, 2.24) is 0 Å². The standard InChI is InChI=1S/C48H28S2/c1-3-17-31-29(13-1)15-11-24-33(31)41-28-49-48-40(27-43-46(47(41)48)39-23-9-10-26-42(39)50-43)45-37-21-7-5-19-35(37)44(36-20-6-8-22-38(36)45)34-25-12-16-30-14-2-4-18-32(30)34/h1-28H. The molecule has 0 aliphatic heterocycles. The highest BCUT2D eigenvalue weighted by Gasteiger charge is 2.23. The van der Waals surface area contributed by atoms with Gasteiger partial charge in [-0.25, -0.2) is 0 Å². The Hall–Kier alpha value is -5.80. The molecule has 50 heavy (non-hydrogen) atoms. The van der Waals surface area contributed by atoms with Gasteiger partial charge < -0.3 is 0 Å². The van der Waals surface area contributed by atoms with Crippen LogP contribution in [0.1, 0.15) is 0 Å². The van der Waals surface area contributed by atoms with Crippen LogP contribution in [0.3, 0.4) is 0 Å². The van der Waals surface area contributed by atoms with Crippen molar-refractivity contribution < 1.29 is 0 Å². The lowest BCUT2D eigenvalue weighted by atomic mass is 9.84. The summed E-state index contributed by atoms with van der Waals surface area (Å²) in [6.45, 7) is 0. The highest BCUT2D eigenvalue weighted by Crippen LogP contribution is 2.53. The fourth-order valence-corrected chi connectivity index (χ4v) is 10.7. The topological polar surface area (TPSA) is 0 Å². The second kappa shape index (κ2) is 10.9. The molecule has 2 aromatic heterocycles. The Labute approximate surface area is 297 Å². The number of benzene rings is 9. The van der Waals surface area contributed by atoms with E-state index in [9.17, 15) is 0 Å². The Bertz CT molecular complexity index is 3090. The molecule has 0 bridgehead atoms. The summed E-state index contributed by atoms with van der Waals surface area (Å²) in [7, 11) is 0. The monoisotopic (exact) mass is 668 g/mol. The molecule has 0 aliphatic carbocycles. The average molecular weight is 669 g/mol. The normalized spacial score (nSPS) is 12.0. The highest BCUT2D eigenvalue weighted by atomic mass is 32.1. The number of thiophene rings is 2. The molecule has 0 unspecified atom stereocenters. The quantitative estimate of drug-likeness (QED) is 0.164. The van der Waals surface area contributed by atoms with Crippen LogP contribution in [0.4, 0.5) is 0 Å². The largest absolute Gasteiger partial charge is 0.142 e. The number of hydrogen-bond donors (Lipinski definition) is 0. The zero-order valence-electron chi connectivity index (χ0n) is 27.0. The van der Waals surface area contributed by atoms with E-state index in [0.29, 0.717) is 0 Å². The zero-order chi connectivity index (χ0) is 32.8. The first-order chi connectivity index (χ1) is 24.8. The predicted octanol–water partition coefficient (Wildman–Crippen LogP) is 14.9. The van der Waals surface area contributed by atoms with Crippen molar-refractivity contribution in [1.29, 1.82) is 0 Å². The van der Waals surface area contributed by atoms with Gasteiger partial charge in [-0.1, -0.05) is 152 Å². The Morgan fingerprint density at radius 3 is 1.44 bits per heavy atom. The van der Waals surface area contributed by atoms with E-state index < -0.39 is 0 Å². The molecule has 0 spiro atoms. The van der Waals surface area contributed by atoms with Gasteiger partial charge in [-0.15, -0.1) is 22.7 Å². The van der Waals surface area contributed by atoms with Crippen LogP contribution in [0.15, 0.2) is 169 Å². The Kier molecular flexibility index (Phi) is 6.09. The van der Waals surface area contributed by atoms with Gasteiger partial charge >= 0.3 is 0 Å². The molecule has 0 fully saturated rings. The molecule has 0 radical (unpaired) electrons. The fourth-order valence-electron chi connectivity index (χ4n) is 8.42. The van der Waals surface area contributed by atoms with Gasteiger partial charge in [0.05, 0.1) is 0 Å². The van der Waals surface area contributed by atoms with Crippen molar-refractivity contribution in [2.75, 3.05) is 0 Å². The van der Waals surface area contributed by atoms with Crippen LogP contribution in [0.5, 0.6) is 0 Å². The second-order valence-electron chi connectivity index (χ2n) is 13.1. The molecule has 0 aliphatic rings. The maximum Gasteiger partial charge on any atom is 0.0435 e. The van der Waals surface area contributed by atoms with Gasteiger partial charge in [0.25, 0.3) is 0 Å². The third kappa shape index (κ3) is 3.98. The molecule has 2 heterocycles. The summed E-state index contributed by atoms with van der Waals surface area (Å²) in [6, 6.07) is 60.6. The molecule has 0 atom stereocenters. The van der Waals surface area contributed by atoms with E-state index in [2.05, 4.69) is 169 Å². The maximum atomic E-state index is 2.50. The Morgan fingerprint density at radius 2 is 0.800 bits per heavy atom. The Balaban J connectivity index is 1.32. The first-order valence-electron chi connectivity index (χ1n) is 17.1. The van der Waals surface area contributed by atoms with Gasteiger partial charge in [0, 0.05) is 41.4 Å². The molecule has 0 amide bonds. The van der Waals surface area contributed by atoms with Gasteiger partial charge in [0.2, 0.25) is 0 Å². The van der Waals surface area contributed by atoms with Gasteiger partial charge in [0.15, 0.2) is 0 Å². The maximum absolute atomic E-state index is 2.50. The second-order valence-corrected chi connectivity index (χ2v) is 15.1. The van der Waals surface area contributed by atoms with E-state index in [4.69, 9.17) is 0 Å². The van der Waals surface area contributed by atoms with Crippen molar-refractivity contribution in [3.05, 3.63) is 169 Å². The summed E-state index contributed by atoms with van der Waals surface area (Å²) in [5.74, 6) is 0. The van der Waals surface area contributed by atoms with E-state index in [1.807, 2.05) is 22.7 Å². The van der Waals surface area contributed by atoms with Crippen molar-refractivity contribution in [3.8, 4) is 33.4 Å². The average Bonchev–Trinajstić information content (AvgIpc) is 3.78. The highest BCUT2D eigenvalue weighted by molar-refractivity contribution is 7.26. The summed E-state index contributed by atoms with van der Waals surface area (Å²) in [6.07, 6.45) is 0. The molecular weight excluding hydrogens is 641 g/mol. The molecular formula is C48H28S2. The first kappa shape index (κ1) is 28.1. The number of rotatable bonds is 3. The third-order valence-electron chi connectivity index (χ3n) is 10.5. The lowest BCUT2D eigenvalue weighted by Gasteiger charge is -2.19. The van der Waals surface area contributed by atoms with Crippen molar-refractivity contribution in [2.24, 2.45) is 0 Å². The number of fused-ring (bicyclic) bond motifs is 9. The molecule has 11 aromatic rings. The van der Waals surface area contributed by atoms with Crippen molar-refractivity contribution in [2.45, 2.75) is 0 Å². The lowest BCUT2D eigenvalue weighted by molar-refractivity contribution is 1.70. The van der Waals surface area contributed by atoms with Crippen LogP contribution < -0.4 is 0 Å². The SMILES string of the molecule is c1ccc2c(-c3c4ccccc4c(-c4cc5sc6ccccc6c5c5c(-c6cccc7ccccc67)csc45)c4ccccc34)cccc2c1. The van der Waals surface area contributed by atoms with E-state index in [-0.39, 0.29) is 0 Å². The first-order valence-corrected chi connectivity index (χ1v) is 18.8. The molecule has 11 rings (SSSR count). The van der Waals surface area contributed by atoms with Crippen molar-refractivity contribution >= 4 is 96.0 Å². The van der Waals surface area contributed by atoms with Crippen LogP contribution in [0.2, 0.25) is 0 Å². The summed E-state index contributed by atoms with van der Waals surface area (Å²) in [4.78, 5) is 0. The summed E-state index contributed by atoms with van der Waals surface area (Å²) >= 11 is 3.80. The molecule has 232 valence electrons. The van der Waals surface area contributed by atoms with E-state index in [1.165, 1.54) is 107 Å². The summed E-state index contributed by atoms with van der Waals surface area (Å²) in [5.41, 5.74) is 7.82. The zero-order valence-corrected chi connectivity index (χ0v) is 28.6. The minimum absolute atomic E-state index is 1.26. The van der Waals surface area contributed by atoms with Crippen LogP contribution >= 0.6 is 22.7 Å². The molecule has 0 saturated heterocycles. The van der Waals surface area contributed by atoms with Crippen LogP contribution in [-0.4, -0.2) is 0 Å².